The molecule has 7 nitrogen and oxygen atoms in total. The second-order valence-electron chi connectivity index (χ2n) is 4.77. The zero-order valence-electron chi connectivity index (χ0n) is 13.2. The minimum atomic E-state index is -0.508. The molecule has 0 aliphatic rings. The van der Waals surface area contributed by atoms with Gasteiger partial charge in [-0.2, -0.15) is 5.26 Å². The lowest BCUT2D eigenvalue weighted by atomic mass is 10.0. The van der Waals surface area contributed by atoms with Crippen LogP contribution in [0.4, 0.5) is 5.69 Å². The van der Waals surface area contributed by atoms with Crippen molar-refractivity contribution in [2.45, 2.75) is 19.8 Å². The van der Waals surface area contributed by atoms with Gasteiger partial charge in [0.15, 0.2) is 0 Å². The van der Waals surface area contributed by atoms with Gasteiger partial charge in [0.25, 0.3) is 11.6 Å². The zero-order chi connectivity index (χ0) is 17.2. The van der Waals surface area contributed by atoms with Gasteiger partial charge in [0, 0.05) is 31.9 Å². The van der Waals surface area contributed by atoms with Crippen molar-refractivity contribution in [2.24, 2.45) is 0 Å². The van der Waals surface area contributed by atoms with Gasteiger partial charge in [-0.3, -0.25) is 14.9 Å². The van der Waals surface area contributed by atoms with Crippen LogP contribution in [0.25, 0.3) is 6.08 Å². The van der Waals surface area contributed by atoms with Gasteiger partial charge in [0.1, 0.15) is 11.6 Å². The highest BCUT2D eigenvalue weighted by Gasteiger charge is 2.14. The Kier molecular flexibility index (Phi) is 7.43. The molecular weight excluding hydrogens is 298 g/mol. The first-order valence-electron chi connectivity index (χ1n) is 7.19. The average Bonchev–Trinajstić information content (AvgIpc) is 2.56. The Morgan fingerprint density at radius 2 is 2.26 bits per heavy atom. The van der Waals surface area contributed by atoms with Crippen molar-refractivity contribution in [2.75, 3.05) is 20.3 Å². The number of nitrogens with zero attached hydrogens (tertiary/aromatic N) is 2. The second-order valence-corrected chi connectivity index (χ2v) is 4.77. The third kappa shape index (κ3) is 5.52. The van der Waals surface area contributed by atoms with E-state index in [1.807, 2.05) is 13.0 Å². The van der Waals surface area contributed by atoms with Crippen molar-refractivity contribution < 1.29 is 14.5 Å². The first-order chi connectivity index (χ1) is 11.0. The molecule has 0 fully saturated rings. The monoisotopic (exact) mass is 317 g/mol. The molecule has 1 N–H and O–H groups in total. The molecule has 1 aromatic carbocycles. The highest BCUT2D eigenvalue weighted by Crippen LogP contribution is 2.22. The predicted octanol–water partition coefficient (Wildman–Crippen LogP) is 2.22. The second kappa shape index (κ2) is 9.33. The molecule has 0 radical (unpaired) electrons. The number of carbonyl (C=O) groups is 1. The molecule has 0 atom stereocenters. The Morgan fingerprint density at radius 1 is 1.52 bits per heavy atom. The van der Waals surface area contributed by atoms with Crippen molar-refractivity contribution in [3.05, 3.63) is 45.0 Å². The van der Waals surface area contributed by atoms with Gasteiger partial charge in [0.05, 0.1) is 4.92 Å². The smallest absolute Gasteiger partial charge is 0.273 e. The Bertz CT molecular complexity index is 647. The molecular formula is C16H19N3O4. The SMILES string of the molecule is CCc1ccc(/C=C(\C#N)C(=O)NCCCOC)cc1[N+](=O)[O-]. The number of benzene rings is 1. The van der Waals surface area contributed by atoms with E-state index in [2.05, 4.69) is 5.32 Å². The van der Waals surface area contributed by atoms with Crippen molar-refractivity contribution in [3.63, 3.8) is 0 Å². The van der Waals surface area contributed by atoms with E-state index in [-0.39, 0.29) is 11.3 Å². The quantitative estimate of drug-likeness (QED) is 0.260. The van der Waals surface area contributed by atoms with Crippen LogP contribution in [-0.2, 0) is 16.0 Å². The summed E-state index contributed by atoms with van der Waals surface area (Å²) >= 11 is 0. The minimum absolute atomic E-state index is 0.0148. The molecule has 1 amide bonds. The highest BCUT2D eigenvalue weighted by atomic mass is 16.6. The number of nitrogens with one attached hydrogen (secondary N) is 1. The molecule has 23 heavy (non-hydrogen) atoms. The Hall–Kier alpha value is -2.72. The molecule has 0 spiro atoms. The topological polar surface area (TPSA) is 105 Å². The lowest BCUT2D eigenvalue weighted by molar-refractivity contribution is -0.385. The predicted molar refractivity (Wildman–Crippen MR) is 85.6 cm³/mol. The van der Waals surface area contributed by atoms with Crippen LogP contribution in [0.3, 0.4) is 0 Å². The van der Waals surface area contributed by atoms with Crippen LogP contribution in [0, 0.1) is 21.4 Å². The molecule has 0 aromatic heterocycles. The molecule has 0 saturated carbocycles. The molecule has 0 aliphatic carbocycles. The van der Waals surface area contributed by atoms with Gasteiger partial charge in [-0.05, 0) is 24.5 Å². The van der Waals surface area contributed by atoms with Crippen molar-refractivity contribution in [1.82, 2.24) is 5.32 Å². The van der Waals surface area contributed by atoms with Gasteiger partial charge >= 0.3 is 0 Å². The fraction of sp³-hybridized carbons (Fsp3) is 0.375. The van der Waals surface area contributed by atoms with E-state index in [1.54, 1.807) is 19.2 Å². The molecule has 0 unspecified atom stereocenters. The number of carbonyl (C=O) groups excluding carboxylic acids is 1. The summed E-state index contributed by atoms with van der Waals surface area (Å²) in [5.41, 5.74) is 0.937. The maximum absolute atomic E-state index is 11.9. The maximum atomic E-state index is 11.9. The van der Waals surface area contributed by atoms with Gasteiger partial charge in [0.2, 0.25) is 0 Å². The number of methoxy groups -OCH3 is 1. The van der Waals surface area contributed by atoms with Crippen molar-refractivity contribution in [3.8, 4) is 6.07 Å². The summed E-state index contributed by atoms with van der Waals surface area (Å²) in [4.78, 5) is 22.5. The normalized spacial score (nSPS) is 10.9. The van der Waals surface area contributed by atoms with Gasteiger partial charge in [-0.15, -0.1) is 0 Å². The van der Waals surface area contributed by atoms with Crippen LogP contribution >= 0.6 is 0 Å². The highest BCUT2D eigenvalue weighted by molar-refractivity contribution is 6.01. The van der Waals surface area contributed by atoms with E-state index in [9.17, 15) is 14.9 Å². The minimum Gasteiger partial charge on any atom is -0.385 e. The van der Waals surface area contributed by atoms with E-state index in [4.69, 9.17) is 10.00 Å². The Morgan fingerprint density at radius 3 is 2.83 bits per heavy atom. The molecule has 122 valence electrons. The largest absolute Gasteiger partial charge is 0.385 e. The molecule has 1 rings (SSSR count). The number of nitro groups is 1. The average molecular weight is 317 g/mol. The van der Waals surface area contributed by atoms with Gasteiger partial charge in [-0.25, -0.2) is 0 Å². The standard InChI is InChI=1S/C16H19N3O4/c1-3-13-6-5-12(10-15(13)19(21)22)9-14(11-17)16(20)18-7-4-8-23-2/h5-6,9-10H,3-4,7-8H2,1-2H3,(H,18,20)/b14-9+. The zero-order valence-corrected chi connectivity index (χ0v) is 13.2. The first-order valence-corrected chi connectivity index (χ1v) is 7.19. The van der Waals surface area contributed by atoms with Crippen LogP contribution in [-0.4, -0.2) is 31.1 Å². The van der Waals surface area contributed by atoms with E-state index in [1.165, 1.54) is 12.1 Å². The number of aryl methyl sites for hydroxylation is 1. The van der Waals surface area contributed by atoms with Crippen LogP contribution in [0.5, 0.6) is 0 Å². The van der Waals surface area contributed by atoms with Crippen molar-refractivity contribution >= 4 is 17.7 Å². The number of nitriles is 1. The third-order valence-corrected chi connectivity index (χ3v) is 3.17. The lowest BCUT2D eigenvalue weighted by Crippen LogP contribution is -2.26. The number of hydrogen-bond donors (Lipinski definition) is 1. The number of rotatable bonds is 8. The molecule has 0 saturated heterocycles. The van der Waals surface area contributed by atoms with Gasteiger partial charge < -0.3 is 10.1 Å². The van der Waals surface area contributed by atoms with E-state index in [0.717, 1.165) is 0 Å². The summed E-state index contributed by atoms with van der Waals surface area (Å²) in [5, 5.41) is 22.8. The summed E-state index contributed by atoms with van der Waals surface area (Å²) in [6.45, 7) is 2.73. The number of nitro benzene ring substituents is 1. The first kappa shape index (κ1) is 18.3. The maximum Gasteiger partial charge on any atom is 0.273 e. The molecule has 0 bridgehead atoms. The lowest BCUT2D eigenvalue weighted by Gasteiger charge is -2.04. The molecule has 0 aliphatic heterocycles. The third-order valence-electron chi connectivity index (χ3n) is 3.17. The molecule has 7 heteroatoms. The summed E-state index contributed by atoms with van der Waals surface area (Å²) in [6, 6.07) is 6.47. The molecule has 1 aromatic rings. The van der Waals surface area contributed by atoms with Crippen LogP contribution < -0.4 is 5.32 Å². The summed E-state index contributed by atoms with van der Waals surface area (Å²) < 4.78 is 4.87. The van der Waals surface area contributed by atoms with E-state index >= 15 is 0 Å². The fourth-order valence-electron chi connectivity index (χ4n) is 1.97. The van der Waals surface area contributed by atoms with Crippen LogP contribution in [0.1, 0.15) is 24.5 Å². The van der Waals surface area contributed by atoms with Crippen molar-refractivity contribution in [1.29, 1.82) is 5.26 Å². The van der Waals surface area contributed by atoms with E-state index < -0.39 is 10.8 Å². The van der Waals surface area contributed by atoms with Crippen LogP contribution in [0.15, 0.2) is 23.8 Å². The summed E-state index contributed by atoms with van der Waals surface area (Å²) in [5.74, 6) is -0.508. The van der Waals surface area contributed by atoms with E-state index in [0.29, 0.717) is 37.1 Å². The van der Waals surface area contributed by atoms with Crippen LogP contribution in [0.2, 0.25) is 0 Å². The number of ether oxygens (including phenoxy) is 1. The Balaban J connectivity index is 2.94. The molecule has 0 heterocycles. The number of hydrogen-bond acceptors (Lipinski definition) is 5. The fourth-order valence-corrected chi connectivity index (χ4v) is 1.97. The summed E-state index contributed by atoms with van der Waals surface area (Å²) in [7, 11) is 1.56. The van der Waals surface area contributed by atoms with Gasteiger partial charge in [-0.1, -0.05) is 19.1 Å². The Labute approximate surface area is 134 Å². The number of amides is 1. The summed E-state index contributed by atoms with van der Waals surface area (Å²) in [6.07, 6.45) is 2.51.